The second kappa shape index (κ2) is 8.23. The molecule has 0 heterocycles. The predicted molar refractivity (Wildman–Crippen MR) is 89.4 cm³/mol. The fourth-order valence-corrected chi connectivity index (χ4v) is 1.66. The first-order chi connectivity index (χ1) is 11.2. The average Bonchev–Trinajstić information content (AvgIpc) is 2.61. The lowest BCUT2D eigenvalue weighted by molar-refractivity contribution is 0.0946. The zero-order chi connectivity index (χ0) is 16.5. The monoisotopic (exact) mass is 308 g/mol. The van der Waals surface area contributed by atoms with E-state index in [1.807, 2.05) is 12.1 Å². The van der Waals surface area contributed by atoms with Gasteiger partial charge in [0.15, 0.2) is 0 Å². The highest BCUT2D eigenvalue weighted by atomic mass is 16.2. The van der Waals surface area contributed by atoms with Crippen molar-refractivity contribution in [2.45, 2.75) is 6.92 Å². The highest BCUT2D eigenvalue weighted by Crippen LogP contribution is 1.98. The van der Waals surface area contributed by atoms with Gasteiger partial charge in [-0.3, -0.25) is 9.59 Å². The average molecular weight is 308 g/mol. The summed E-state index contributed by atoms with van der Waals surface area (Å²) < 4.78 is 0. The van der Waals surface area contributed by atoms with Crippen LogP contribution in [0.15, 0.2) is 70.9 Å². The fourth-order valence-electron chi connectivity index (χ4n) is 1.66. The Hall–Kier alpha value is -3.28. The number of nitrogens with zero attached hydrogens (tertiary/aromatic N) is 2. The van der Waals surface area contributed by atoms with Gasteiger partial charge in [-0.05, 0) is 31.2 Å². The third kappa shape index (κ3) is 5.20. The lowest BCUT2D eigenvalue weighted by Crippen LogP contribution is -2.21. The molecule has 0 unspecified atom stereocenters. The van der Waals surface area contributed by atoms with Gasteiger partial charge in [-0.15, -0.1) is 0 Å². The lowest BCUT2D eigenvalue weighted by Gasteiger charge is -2.00. The van der Waals surface area contributed by atoms with Gasteiger partial charge in [0.1, 0.15) is 0 Å². The van der Waals surface area contributed by atoms with E-state index in [-0.39, 0.29) is 11.8 Å². The molecule has 2 aromatic carbocycles. The standard InChI is InChI=1S/C17H16N4O2/c1-13(19-21-17(23)15-10-6-3-7-11-15)12-18-20-16(22)14-8-4-2-5-9-14/h2-12H,1H3,(H,20,22)(H,21,23)/b18-12-,19-13-. The van der Waals surface area contributed by atoms with Gasteiger partial charge in [0.2, 0.25) is 0 Å². The smallest absolute Gasteiger partial charge is 0.267 e. The SMILES string of the molecule is CC(/C=N\NC(=O)c1ccccc1)=N/NC(=O)c1ccccc1. The van der Waals surface area contributed by atoms with E-state index >= 15 is 0 Å². The first kappa shape index (κ1) is 16.1. The Morgan fingerprint density at radius 3 is 1.83 bits per heavy atom. The second-order valence-electron chi connectivity index (χ2n) is 4.63. The molecule has 2 N–H and O–H groups in total. The third-order valence-corrected chi connectivity index (χ3v) is 2.82. The molecule has 2 rings (SSSR count). The molecule has 6 heteroatoms. The van der Waals surface area contributed by atoms with Crippen LogP contribution in [-0.4, -0.2) is 23.7 Å². The minimum absolute atomic E-state index is 0.313. The van der Waals surface area contributed by atoms with Gasteiger partial charge in [-0.2, -0.15) is 10.2 Å². The quantitative estimate of drug-likeness (QED) is 0.655. The molecule has 0 radical (unpaired) electrons. The van der Waals surface area contributed by atoms with Gasteiger partial charge in [-0.25, -0.2) is 10.9 Å². The number of rotatable bonds is 5. The van der Waals surface area contributed by atoms with Gasteiger partial charge < -0.3 is 0 Å². The van der Waals surface area contributed by atoms with E-state index in [1.165, 1.54) is 6.21 Å². The Bertz CT molecular complexity index is 725. The van der Waals surface area contributed by atoms with Crippen LogP contribution in [0.25, 0.3) is 0 Å². The van der Waals surface area contributed by atoms with Crippen molar-refractivity contribution in [3.63, 3.8) is 0 Å². The van der Waals surface area contributed by atoms with Crippen molar-refractivity contribution >= 4 is 23.7 Å². The summed E-state index contributed by atoms with van der Waals surface area (Å²) in [4.78, 5) is 23.5. The fraction of sp³-hybridized carbons (Fsp3) is 0.0588. The highest BCUT2D eigenvalue weighted by Gasteiger charge is 2.03. The van der Waals surface area contributed by atoms with Crippen molar-refractivity contribution < 1.29 is 9.59 Å². The van der Waals surface area contributed by atoms with Crippen molar-refractivity contribution in [1.82, 2.24) is 10.9 Å². The summed E-state index contributed by atoms with van der Waals surface area (Å²) in [5, 5.41) is 7.68. The number of carbonyl (C=O) groups is 2. The number of hydrogen-bond donors (Lipinski definition) is 2. The Morgan fingerprint density at radius 2 is 1.30 bits per heavy atom. The summed E-state index contributed by atoms with van der Waals surface area (Å²) in [7, 11) is 0. The highest BCUT2D eigenvalue weighted by molar-refractivity contribution is 6.29. The predicted octanol–water partition coefficient (Wildman–Crippen LogP) is 2.21. The number of amides is 2. The first-order valence-electron chi connectivity index (χ1n) is 6.95. The Morgan fingerprint density at radius 1 is 0.826 bits per heavy atom. The van der Waals surface area contributed by atoms with Crippen LogP contribution in [0.4, 0.5) is 0 Å². The summed E-state index contributed by atoms with van der Waals surface area (Å²) in [5.41, 5.74) is 6.27. The van der Waals surface area contributed by atoms with Crippen molar-refractivity contribution in [3.05, 3.63) is 71.8 Å². The molecule has 116 valence electrons. The van der Waals surface area contributed by atoms with Crippen LogP contribution in [0, 0.1) is 0 Å². The van der Waals surface area contributed by atoms with Crippen molar-refractivity contribution in [2.24, 2.45) is 10.2 Å². The molecule has 0 bridgehead atoms. The Kier molecular flexibility index (Phi) is 5.76. The van der Waals surface area contributed by atoms with Crippen LogP contribution in [-0.2, 0) is 0 Å². The molecule has 0 atom stereocenters. The van der Waals surface area contributed by atoms with E-state index in [1.54, 1.807) is 55.5 Å². The summed E-state index contributed by atoms with van der Waals surface area (Å²) in [6.45, 7) is 1.66. The zero-order valence-corrected chi connectivity index (χ0v) is 12.6. The van der Waals surface area contributed by atoms with Crippen LogP contribution < -0.4 is 10.9 Å². The summed E-state index contributed by atoms with van der Waals surface area (Å²) in [5.74, 6) is -0.630. The van der Waals surface area contributed by atoms with Crippen LogP contribution >= 0.6 is 0 Å². The number of benzene rings is 2. The molecule has 2 amide bonds. The molecule has 0 aliphatic rings. The minimum atomic E-state index is -0.317. The molecule has 0 saturated heterocycles. The molecule has 0 aromatic heterocycles. The minimum Gasteiger partial charge on any atom is -0.267 e. The molecule has 2 aromatic rings. The summed E-state index contributed by atoms with van der Waals surface area (Å²) >= 11 is 0. The van der Waals surface area contributed by atoms with E-state index in [0.717, 1.165) is 0 Å². The van der Waals surface area contributed by atoms with E-state index in [0.29, 0.717) is 16.8 Å². The molecule has 0 aliphatic heterocycles. The molecule has 23 heavy (non-hydrogen) atoms. The van der Waals surface area contributed by atoms with Gasteiger partial charge in [0, 0.05) is 11.1 Å². The van der Waals surface area contributed by atoms with Crippen LogP contribution in [0.3, 0.4) is 0 Å². The van der Waals surface area contributed by atoms with E-state index in [9.17, 15) is 9.59 Å². The maximum Gasteiger partial charge on any atom is 0.271 e. The number of carbonyl (C=O) groups excluding carboxylic acids is 2. The van der Waals surface area contributed by atoms with Gasteiger partial charge in [0.25, 0.3) is 11.8 Å². The number of hydrogen-bond acceptors (Lipinski definition) is 4. The van der Waals surface area contributed by atoms with E-state index in [2.05, 4.69) is 21.1 Å². The van der Waals surface area contributed by atoms with Crippen molar-refractivity contribution in [2.75, 3.05) is 0 Å². The molecular weight excluding hydrogens is 292 g/mol. The molecule has 6 nitrogen and oxygen atoms in total. The normalized spacial score (nSPS) is 11.3. The van der Waals surface area contributed by atoms with Gasteiger partial charge in [-0.1, -0.05) is 36.4 Å². The van der Waals surface area contributed by atoms with Gasteiger partial charge in [0.05, 0.1) is 11.9 Å². The maximum atomic E-state index is 11.8. The summed E-state index contributed by atoms with van der Waals surface area (Å²) in [6.07, 6.45) is 1.35. The Balaban J connectivity index is 1.85. The first-order valence-corrected chi connectivity index (χ1v) is 6.95. The molecule has 0 fully saturated rings. The number of hydrazone groups is 2. The van der Waals surface area contributed by atoms with Crippen molar-refractivity contribution in [3.8, 4) is 0 Å². The molecule has 0 spiro atoms. The van der Waals surface area contributed by atoms with Crippen LogP contribution in [0.2, 0.25) is 0 Å². The molecular formula is C17H16N4O2. The van der Waals surface area contributed by atoms with Gasteiger partial charge >= 0.3 is 0 Å². The molecule has 0 aliphatic carbocycles. The maximum absolute atomic E-state index is 11.8. The molecule has 0 saturated carbocycles. The van der Waals surface area contributed by atoms with E-state index in [4.69, 9.17) is 0 Å². The Labute approximate surface area is 133 Å². The summed E-state index contributed by atoms with van der Waals surface area (Å²) in [6, 6.07) is 17.5. The van der Waals surface area contributed by atoms with Crippen molar-refractivity contribution in [1.29, 1.82) is 0 Å². The largest absolute Gasteiger partial charge is 0.271 e. The lowest BCUT2D eigenvalue weighted by atomic mass is 10.2. The van der Waals surface area contributed by atoms with E-state index < -0.39 is 0 Å². The third-order valence-electron chi connectivity index (χ3n) is 2.82. The second-order valence-corrected chi connectivity index (χ2v) is 4.63. The topological polar surface area (TPSA) is 82.9 Å². The van der Waals surface area contributed by atoms with Crippen LogP contribution in [0.5, 0.6) is 0 Å². The number of nitrogens with one attached hydrogen (secondary N) is 2. The zero-order valence-electron chi connectivity index (χ0n) is 12.6. The van der Waals surface area contributed by atoms with Crippen LogP contribution in [0.1, 0.15) is 27.6 Å².